The van der Waals surface area contributed by atoms with Gasteiger partial charge in [0.1, 0.15) is 11.7 Å². The van der Waals surface area contributed by atoms with Crippen LogP contribution in [0.4, 0.5) is 4.79 Å². The van der Waals surface area contributed by atoms with Crippen LogP contribution >= 0.6 is 0 Å². The predicted molar refractivity (Wildman–Crippen MR) is 95.0 cm³/mol. The Morgan fingerprint density at radius 3 is 2.58 bits per heavy atom. The van der Waals surface area contributed by atoms with Gasteiger partial charge < -0.3 is 25.3 Å². The Bertz CT molecular complexity index is 896. The van der Waals surface area contributed by atoms with Gasteiger partial charge in [-0.25, -0.2) is 9.59 Å². The van der Waals surface area contributed by atoms with Crippen LogP contribution in [0.1, 0.15) is 38.9 Å². The molecule has 2 atom stereocenters. The van der Waals surface area contributed by atoms with Crippen LogP contribution in [-0.2, 0) is 4.74 Å². The Balaban J connectivity index is 2.01. The number of hydrogen-bond acceptors (Lipinski definition) is 6. The lowest BCUT2D eigenvalue weighted by atomic mass is 10.0. The number of fused-ring (bicyclic) bond motifs is 1. The summed E-state index contributed by atoms with van der Waals surface area (Å²) < 4.78 is 5.07. The van der Waals surface area contributed by atoms with Gasteiger partial charge >= 0.3 is 11.8 Å². The molecular formula is C17H23N3O6. The van der Waals surface area contributed by atoms with Gasteiger partial charge in [0.25, 0.3) is 5.56 Å². The highest BCUT2D eigenvalue weighted by molar-refractivity contribution is 5.78. The Kier molecular flexibility index (Phi) is 5.83. The van der Waals surface area contributed by atoms with Gasteiger partial charge in [-0.15, -0.1) is 0 Å². The summed E-state index contributed by atoms with van der Waals surface area (Å²) in [5, 5.41) is 23.1. The molecule has 2 rings (SSSR count). The molecule has 0 bridgehead atoms. The van der Waals surface area contributed by atoms with Gasteiger partial charge in [-0.3, -0.25) is 9.78 Å². The highest BCUT2D eigenvalue weighted by Crippen LogP contribution is 2.21. The van der Waals surface area contributed by atoms with Crippen molar-refractivity contribution in [2.45, 2.75) is 45.0 Å². The highest BCUT2D eigenvalue weighted by atomic mass is 16.6. The van der Waals surface area contributed by atoms with Crippen molar-refractivity contribution in [2.24, 2.45) is 0 Å². The smallest absolute Gasteiger partial charge is 0.407 e. The van der Waals surface area contributed by atoms with E-state index in [2.05, 4.69) is 15.3 Å². The van der Waals surface area contributed by atoms with E-state index >= 15 is 0 Å². The Labute approximate surface area is 149 Å². The molecule has 0 aliphatic heterocycles. The number of aliphatic hydroxyl groups is 2. The van der Waals surface area contributed by atoms with Crippen LogP contribution in [0, 0.1) is 0 Å². The molecule has 2 aromatic rings. The third kappa shape index (κ3) is 5.17. The monoisotopic (exact) mass is 365 g/mol. The number of benzene rings is 1. The first-order valence-corrected chi connectivity index (χ1v) is 8.16. The Morgan fingerprint density at radius 2 is 1.92 bits per heavy atom. The predicted octanol–water partition coefficient (Wildman–Crippen LogP) is 0.525. The van der Waals surface area contributed by atoms with Crippen molar-refractivity contribution in [3.8, 4) is 0 Å². The van der Waals surface area contributed by atoms with Crippen molar-refractivity contribution < 1.29 is 19.7 Å². The molecule has 0 spiro atoms. The van der Waals surface area contributed by atoms with Crippen molar-refractivity contribution in [3.05, 3.63) is 44.6 Å². The standard InChI is InChI=1S/C17H23N3O6/c1-17(2,3)26-16(25)18-7-6-12(21)13(22)9-4-5-11-10(8-9)14(23)20-15(24)19-11/h4-5,8,12-13,21-22H,6-7H2,1-3H3,(H,18,25)(H2,19,20,23,24). The number of aromatic nitrogens is 2. The highest BCUT2D eigenvalue weighted by Gasteiger charge is 2.20. The van der Waals surface area contributed by atoms with E-state index < -0.39 is 35.2 Å². The van der Waals surface area contributed by atoms with Crippen LogP contribution in [0.15, 0.2) is 27.8 Å². The molecule has 9 heteroatoms. The average Bonchev–Trinajstić information content (AvgIpc) is 2.52. The minimum atomic E-state index is -1.26. The Hall–Kier alpha value is -2.65. The molecule has 1 aromatic heterocycles. The number of H-pyrrole nitrogens is 2. The molecule has 5 N–H and O–H groups in total. The molecule has 0 saturated carbocycles. The quantitative estimate of drug-likeness (QED) is 0.522. The molecule has 9 nitrogen and oxygen atoms in total. The molecule has 1 heterocycles. The largest absolute Gasteiger partial charge is 0.444 e. The van der Waals surface area contributed by atoms with Gasteiger partial charge in [0.15, 0.2) is 0 Å². The average molecular weight is 365 g/mol. The number of aliphatic hydroxyl groups excluding tert-OH is 2. The third-order valence-electron chi connectivity index (χ3n) is 3.58. The lowest BCUT2D eigenvalue weighted by molar-refractivity contribution is 0.0124. The maximum Gasteiger partial charge on any atom is 0.407 e. The van der Waals surface area contributed by atoms with E-state index in [1.165, 1.54) is 18.2 Å². The number of rotatable bonds is 5. The number of hydrogen-bond donors (Lipinski definition) is 5. The third-order valence-corrected chi connectivity index (χ3v) is 3.58. The van der Waals surface area contributed by atoms with E-state index in [-0.39, 0.29) is 18.4 Å². The second-order valence-corrected chi connectivity index (χ2v) is 6.94. The van der Waals surface area contributed by atoms with E-state index in [4.69, 9.17) is 4.74 Å². The molecule has 1 aromatic carbocycles. The minimum absolute atomic E-state index is 0.0838. The summed E-state index contributed by atoms with van der Waals surface area (Å²) in [5.74, 6) is 0. The molecular weight excluding hydrogens is 342 g/mol. The summed E-state index contributed by atoms with van der Waals surface area (Å²) in [5.41, 5.74) is -1.18. The lowest BCUT2D eigenvalue weighted by Gasteiger charge is -2.21. The number of aromatic amines is 2. The van der Waals surface area contributed by atoms with Gasteiger partial charge in [0.2, 0.25) is 0 Å². The second-order valence-electron chi connectivity index (χ2n) is 6.94. The van der Waals surface area contributed by atoms with Gasteiger partial charge in [0, 0.05) is 6.54 Å². The van der Waals surface area contributed by atoms with E-state index in [1.54, 1.807) is 20.8 Å². The van der Waals surface area contributed by atoms with Crippen LogP contribution in [0.5, 0.6) is 0 Å². The van der Waals surface area contributed by atoms with Crippen LogP contribution in [0.2, 0.25) is 0 Å². The van der Waals surface area contributed by atoms with Crippen molar-refractivity contribution in [2.75, 3.05) is 6.54 Å². The van der Waals surface area contributed by atoms with Crippen LogP contribution < -0.4 is 16.6 Å². The van der Waals surface area contributed by atoms with Gasteiger partial charge in [-0.2, -0.15) is 0 Å². The SMILES string of the molecule is CC(C)(C)OC(=O)NCCC(O)C(O)c1ccc2[nH]c(=O)[nH]c(=O)c2c1. The number of alkyl carbamates (subject to hydrolysis) is 1. The van der Waals surface area contributed by atoms with Gasteiger partial charge in [0.05, 0.1) is 17.0 Å². The lowest BCUT2D eigenvalue weighted by Crippen LogP contribution is -2.34. The summed E-state index contributed by atoms with van der Waals surface area (Å²) in [6, 6.07) is 4.39. The Morgan fingerprint density at radius 1 is 1.23 bits per heavy atom. The zero-order valence-electron chi connectivity index (χ0n) is 14.8. The first-order chi connectivity index (χ1) is 12.1. The fourth-order valence-corrected chi connectivity index (χ4v) is 2.38. The molecule has 0 saturated heterocycles. The number of ether oxygens (including phenoxy) is 1. The number of amides is 1. The summed E-state index contributed by atoms with van der Waals surface area (Å²) in [6.07, 6.45) is -2.95. The molecule has 26 heavy (non-hydrogen) atoms. The zero-order valence-corrected chi connectivity index (χ0v) is 14.8. The molecule has 142 valence electrons. The topological polar surface area (TPSA) is 145 Å². The number of nitrogens with one attached hydrogen (secondary N) is 3. The zero-order chi connectivity index (χ0) is 19.5. The van der Waals surface area contributed by atoms with E-state index in [1.807, 2.05) is 0 Å². The van der Waals surface area contributed by atoms with Crippen molar-refractivity contribution >= 4 is 17.0 Å². The van der Waals surface area contributed by atoms with Gasteiger partial charge in [-0.05, 0) is 44.9 Å². The minimum Gasteiger partial charge on any atom is -0.444 e. The number of carbonyl (C=O) groups is 1. The number of carbonyl (C=O) groups excluding carboxylic acids is 1. The fraction of sp³-hybridized carbons (Fsp3) is 0.471. The van der Waals surface area contributed by atoms with Crippen molar-refractivity contribution in [1.29, 1.82) is 0 Å². The van der Waals surface area contributed by atoms with E-state index in [0.717, 1.165) is 0 Å². The van der Waals surface area contributed by atoms with Crippen LogP contribution in [-0.4, -0.2) is 44.5 Å². The molecule has 0 aliphatic rings. The summed E-state index contributed by atoms with van der Waals surface area (Å²) >= 11 is 0. The summed E-state index contributed by atoms with van der Waals surface area (Å²) in [7, 11) is 0. The first kappa shape index (κ1) is 19.7. The van der Waals surface area contributed by atoms with E-state index in [9.17, 15) is 24.6 Å². The maximum atomic E-state index is 11.8. The first-order valence-electron chi connectivity index (χ1n) is 8.16. The molecule has 2 unspecified atom stereocenters. The maximum absolute atomic E-state index is 11.8. The molecule has 0 fully saturated rings. The molecule has 1 amide bonds. The van der Waals surface area contributed by atoms with Crippen LogP contribution in [0.3, 0.4) is 0 Å². The molecule has 0 radical (unpaired) electrons. The van der Waals surface area contributed by atoms with Gasteiger partial charge in [-0.1, -0.05) is 6.07 Å². The van der Waals surface area contributed by atoms with Crippen molar-refractivity contribution in [3.63, 3.8) is 0 Å². The van der Waals surface area contributed by atoms with Crippen LogP contribution in [0.25, 0.3) is 10.9 Å². The fourth-order valence-electron chi connectivity index (χ4n) is 2.38. The molecule has 0 aliphatic carbocycles. The summed E-state index contributed by atoms with van der Waals surface area (Å²) in [6.45, 7) is 5.31. The second kappa shape index (κ2) is 7.71. The van der Waals surface area contributed by atoms with Crippen molar-refractivity contribution in [1.82, 2.24) is 15.3 Å². The van der Waals surface area contributed by atoms with E-state index in [0.29, 0.717) is 11.1 Å². The normalized spacial score (nSPS) is 14.0. The summed E-state index contributed by atoms with van der Waals surface area (Å²) in [4.78, 5) is 39.2.